The van der Waals surface area contributed by atoms with E-state index < -0.39 is 0 Å². The Morgan fingerprint density at radius 3 is 2.69 bits per heavy atom. The van der Waals surface area contributed by atoms with Gasteiger partial charge >= 0.3 is 5.97 Å². The molecule has 0 heterocycles. The largest absolute Gasteiger partial charge is 0.465 e. The van der Waals surface area contributed by atoms with Crippen molar-refractivity contribution in [1.29, 1.82) is 0 Å². The van der Waals surface area contributed by atoms with Gasteiger partial charge in [-0.2, -0.15) is 0 Å². The SMILES string of the molecule is COC(=O)c1ccc(CC2(N)CC2)cc1C. The molecule has 0 spiro atoms. The van der Waals surface area contributed by atoms with Crippen molar-refractivity contribution in [1.82, 2.24) is 0 Å². The summed E-state index contributed by atoms with van der Waals surface area (Å²) in [4.78, 5) is 11.4. The fourth-order valence-electron chi connectivity index (χ4n) is 1.92. The monoisotopic (exact) mass is 219 g/mol. The summed E-state index contributed by atoms with van der Waals surface area (Å²) in [6, 6.07) is 5.81. The van der Waals surface area contributed by atoms with Gasteiger partial charge in [0.05, 0.1) is 12.7 Å². The van der Waals surface area contributed by atoms with Crippen LogP contribution in [0.4, 0.5) is 0 Å². The van der Waals surface area contributed by atoms with E-state index in [-0.39, 0.29) is 11.5 Å². The van der Waals surface area contributed by atoms with E-state index in [4.69, 9.17) is 10.5 Å². The average Bonchev–Trinajstić information content (AvgIpc) is 2.95. The Morgan fingerprint density at radius 1 is 1.50 bits per heavy atom. The van der Waals surface area contributed by atoms with Crippen LogP contribution in [0.1, 0.15) is 34.3 Å². The Morgan fingerprint density at radius 2 is 2.19 bits per heavy atom. The van der Waals surface area contributed by atoms with Crippen LogP contribution in [-0.4, -0.2) is 18.6 Å². The van der Waals surface area contributed by atoms with Gasteiger partial charge in [0, 0.05) is 5.54 Å². The van der Waals surface area contributed by atoms with Gasteiger partial charge in [-0.25, -0.2) is 4.79 Å². The molecule has 0 saturated heterocycles. The number of nitrogens with two attached hydrogens (primary N) is 1. The van der Waals surface area contributed by atoms with Gasteiger partial charge in [0.25, 0.3) is 0 Å². The highest BCUT2D eigenvalue weighted by Gasteiger charge is 2.37. The molecule has 2 rings (SSSR count). The minimum atomic E-state index is -0.280. The van der Waals surface area contributed by atoms with E-state index in [1.807, 2.05) is 25.1 Å². The summed E-state index contributed by atoms with van der Waals surface area (Å²) in [6.45, 7) is 1.92. The molecular formula is C13H17NO2. The first-order valence-corrected chi connectivity index (χ1v) is 5.51. The second-order valence-electron chi connectivity index (χ2n) is 4.68. The number of methoxy groups -OCH3 is 1. The molecule has 0 radical (unpaired) electrons. The summed E-state index contributed by atoms with van der Waals surface area (Å²) < 4.78 is 4.71. The molecule has 1 saturated carbocycles. The Balaban J connectivity index is 2.18. The van der Waals surface area contributed by atoms with Crippen LogP contribution in [0.15, 0.2) is 18.2 Å². The smallest absolute Gasteiger partial charge is 0.338 e. The summed E-state index contributed by atoms with van der Waals surface area (Å²) in [5.41, 5.74) is 8.86. The molecular weight excluding hydrogens is 202 g/mol. The lowest BCUT2D eigenvalue weighted by Crippen LogP contribution is -2.24. The normalized spacial score (nSPS) is 16.9. The van der Waals surface area contributed by atoms with E-state index in [9.17, 15) is 4.79 Å². The third-order valence-electron chi connectivity index (χ3n) is 3.14. The molecule has 1 aliphatic rings. The maximum Gasteiger partial charge on any atom is 0.338 e. The molecule has 0 amide bonds. The first kappa shape index (κ1) is 11.1. The van der Waals surface area contributed by atoms with Crippen LogP contribution >= 0.6 is 0 Å². The number of hydrogen-bond acceptors (Lipinski definition) is 3. The van der Waals surface area contributed by atoms with Crippen molar-refractivity contribution in [2.24, 2.45) is 5.73 Å². The standard InChI is InChI=1S/C13H17NO2/c1-9-7-10(8-13(14)5-6-13)3-4-11(9)12(15)16-2/h3-4,7H,5-6,8,14H2,1-2H3. The quantitative estimate of drug-likeness (QED) is 0.789. The average molecular weight is 219 g/mol. The molecule has 1 aliphatic carbocycles. The number of benzene rings is 1. The molecule has 1 aromatic carbocycles. The Labute approximate surface area is 95.6 Å². The van der Waals surface area contributed by atoms with E-state index in [1.54, 1.807) is 0 Å². The number of carbonyl (C=O) groups excluding carboxylic acids is 1. The lowest BCUT2D eigenvalue weighted by atomic mass is 9.99. The molecule has 1 aromatic rings. The molecule has 0 aliphatic heterocycles. The van der Waals surface area contributed by atoms with Gasteiger partial charge in [0.15, 0.2) is 0 Å². The van der Waals surface area contributed by atoms with Gasteiger partial charge in [-0.15, -0.1) is 0 Å². The van der Waals surface area contributed by atoms with Crippen LogP contribution in [0.25, 0.3) is 0 Å². The predicted molar refractivity (Wildman–Crippen MR) is 62.4 cm³/mol. The van der Waals surface area contributed by atoms with Crippen LogP contribution in [-0.2, 0) is 11.2 Å². The summed E-state index contributed by atoms with van der Waals surface area (Å²) in [5.74, 6) is -0.280. The van der Waals surface area contributed by atoms with Crippen LogP contribution in [0.3, 0.4) is 0 Å². The van der Waals surface area contributed by atoms with E-state index >= 15 is 0 Å². The highest BCUT2D eigenvalue weighted by atomic mass is 16.5. The minimum Gasteiger partial charge on any atom is -0.465 e. The minimum absolute atomic E-state index is 0.0131. The number of ether oxygens (including phenoxy) is 1. The molecule has 1 fully saturated rings. The van der Waals surface area contributed by atoms with Crippen molar-refractivity contribution in [2.75, 3.05) is 7.11 Å². The zero-order chi connectivity index (χ0) is 11.8. The number of carbonyl (C=O) groups is 1. The van der Waals surface area contributed by atoms with Crippen LogP contribution in [0.2, 0.25) is 0 Å². The van der Waals surface area contributed by atoms with Gasteiger partial charge in [0.1, 0.15) is 0 Å². The maximum absolute atomic E-state index is 11.4. The zero-order valence-electron chi connectivity index (χ0n) is 9.75. The third-order valence-corrected chi connectivity index (χ3v) is 3.14. The molecule has 0 unspecified atom stereocenters. The van der Waals surface area contributed by atoms with Gasteiger partial charge in [0.2, 0.25) is 0 Å². The number of rotatable bonds is 3. The summed E-state index contributed by atoms with van der Waals surface area (Å²) in [5, 5.41) is 0. The van der Waals surface area contributed by atoms with E-state index in [0.717, 1.165) is 24.8 Å². The topological polar surface area (TPSA) is 52.3 Å². The second-order valence-corrected chi connectivity index (χ2v) is 4.68. The first-order valence-electron chi connectivity index (χ1n) is 5.51. The molecule has 86 valence electrons. The Kier molecular flexibility index (Phi) is 2.72. The van der Waals surface area contributed by atoms with E-state index in [0.29, 0.717) is 5.56 Å². The number of esters is 1. The number of aryl methyl sites for hydroxylation is 1. The lowest BCUT2D eigenvalue weighted by Gasteiger charge is -2.10. The van der Waals surface area contributed by atoms with Crippen molar-refractivity contribution >= 4 is 5.97 Å². The summed E-state index contributed by atoms with van der Waals surface area (Å²) >= 11 is 0. The second kappa shape index (κ2) is 3.91. The first-order chi connectivity index (χ1) is 7.54. The van der Waals surface area contributed by atoms with Crippen molar-refractivity contribution < 1.29 is 9.53 Å². The van der Waals surface area contributed by atoms with Gasteiger partial charge in [-0.3, -0.25) is 0 Å². The fourth-order valence-corrected chi connectivity index (χ4v) is 1.92. The fraction of sp³-hybridized carbons (Fsp3) is 0.462. The van der Waals surface area contributed by atoms with Gasteiger partial charge in [-0.05, 0) is 43.4 Å². The molecule has 0 atom stereocenters. The molecule has 16 heavy (non-hydrogen) atoms. The van der Waals surface area contributed by atoms with Crippen LogP contribution in [0.5, 0.6) is 0 Å². The highest BCUT2D eigenvalue weighted by molar-refractivity contribution is 5.90. The molecule has 2 N–H and O–H groups in total. The van der Waals surface area contributed by atoms with E-state index in [1.165, 1.54) is 12.7 Å². The number of hydrogen-bond donors (Lipinski definition) is 1. The van der Waals surface area contributed by atoms with Crippen LogP contribution in [0, 0.1) is 6.92 Å². The van der Waals surface area contributed by atoms with Crippen molar-refractivity contribution in [3.05, 3.63) is 34.9 Å². The summed E-state index contributed by atoms with van der Waals surface area (Å²) in [6.07, 6.45) is 3.10. The molecule has 3 nitrogen and oxygen atoms in total. The van der Waals surface area contributed by atoms with Gasteiger partial charge < -0.3 is 10.5 Å². The van der Waals surface area contributed by atoms with Gasteiger partial charge in [-0.1, -0.05) is 12.1 Å². The highest BCUT2D eigenvalue weighted by Crippen LogP contribution is 2.35. The summed E-state index contributed by atoms with van der Waals surface area (Å²) in [7, 11) is 1.40. The molecule has 0 bridgehead atoms. The van der Waals surface area contributed by atoms with E-state index in [2.05, 4.69) is 0 Å². The van der Waals surface area contributed by atoms with Crippen molar-refractivity contribution in [3.63, 3.8) is 0 Å². The predicted octanol–water partition coefficient (Wildman–Crippen LogP) is 1.82. The van der Waals surface area contributed by atoms with Crippen LogP contribution < -0.4 is 5.73 Å². The lowest BCUT2D eigenvalue weighted by molar-refractivity contribution is 0.0600. The molecule has 3 heteroatoms. The third kappa shape index (κ3) is 2.25. The Hall–Kier alpha value is -1.35. The van der Waals surface area contributed by atoms with Crippen molar-refractivity contribution in [2.45, 2.75) is 31.7 Å². The zero-order valence-corrected chi connectivity index (χ0v) is 9.75. The molecule has 0 aromatic heterocycles. The maximum atomic E-state index is 11.4. The van der Waals surface area contributed by atoms with Crippen molar-refractivity contribution in [3.8, 4) is 0 Å². The Bertz CT molecular complexity index is 422.